The average molecular weight is 443 g/mol. The lowest BCUT2D eigenvalue weighted by molar-refractivity contribution is 0.0940. The molecular weight excluding hydrogens is 416 g/mol. The Bertz CT molecular complexity index is 1150. The highest BCUT2D eigenvalue weighted by atomic mass is 32.2. The summed E-state index contributed by atoms with van der Waals surface area (Å²) in [5.74, 6) is -0.199. The van der Waals surface area contributed by atoms with Crippen LogP contribution in [0, 0.1) is 20.8 Å². The molecule has 0 radical (unpaired) electrons. The standard InChI is InChI=1S/C23H26N2O3S2/c1-15-13-17(3)21(14-16(15)2)18(4)24-23(26)19-8-10-20(11-9-19)25(5)30(27,28)22-7-6-12-29-22/h6-14,18H,1-5H3,(H,24,26)/t18-/m1/s1. The van der Waals surface area contributed by atoms with Gasteiger partial charge in [-0.15, -0.1) is 11.3 Å². The number of aryl methyl sites for hydroxylation is 3. The van der Waals surface area contributed by atoms with E-state index in [9.17, 15) is 13.2 Å². The molecule has 0 aliphatic carbocycles. The van der Waals surface area contributed by atoms with Gasteiger partial charge < -0.3 is 5.32 Å². The second kappa shape index (κ2) is 8.62. The van der Waals surface area contributed by atoms with Crippen molar-refractivity contribution in [3.63, 3.8) is 0 Å². The van der Waals surface area contributed by atoms with Gasteiger partial charge in [0.05, 0.1) is 11.7 Å². The van der Waals surface area contributed by atoms with Crippen molar-refractivity contribution >= 4 is 33.0 Å². The van der Waals surface area contributed by atoms with E-state index < -0.39 is 10.0 Å². The molecule has 5 nitrogen and oxygen atoms in total. The van der Waals surface area contributed by atoms with E-state index >= 15 is 0 Å². The van der Waals surface area contributed by atoms with Crippen molar-refractivity contribution in [1.82, 2.24) is 5.32 Å². The predicted molar refractivity (Wildman–Crippen MR) is 123 cm³/mol. The van der Waals surface area contributed by atoms with Crippen molar-refractivity contribution < 1.29 is 13.2 Å². The summed E-state index contributed by atoms with van der Waals surface area (Å²) in [4.78, 5) is 12.7. The zero-order valence-corrected chi connectivity index (χ0v) is 19.4. The first-order valence-electron chi connectivity index (χ1n) is 9.62. The molecule has 0 aliphatic rings. The Kier molecular flexibility index (Phi) is 6.33. The molecule has 1 aromatic heterocycles. The van der Waals surface area contributed by atoms with Gasteiger partial charge >= 0.3 is 0 Å². The number of rotatable bonds is 6. The van der Waals surface area contributed by atoms with Crippen LogP contribution >= 0.6 is 11.3 Å². The van der Waals surface area contributed by atoms with Gasteiger partial charge in [-0.2, -0.15) is 0 Å². The van der Waals surface area contributed by atoms with Crippen molar-refractivity contribution in [1.29, 1.82) is 0 Å². The summed E-state index contributed by atoms with van der Waals surface area (Å²) in [6.45, 7) is 8.15. The fourth-order valence-electron chi connectivity index (χ4n) is 3.31. The minimum Gasteiger partial charge on any atom is -0.346 e. The summed E-state index contributed by atoms with van der Waals surface area (Å²) in [5, 5.41) is 4.76. The van der Waals surface area contributed by atoms with E-state index in [1.165, 1.54) is 33.8 Å². The van der Waals surface area contributed by atoms with Crippen molar-refractivity contribution in [3.05, 3.63) is 81.7 Å². The molecule has 158 valence electrons. The highest BCUT2D eigenvalue weighted by Crippen LogP contribution is 2.26. The largest absolute Gasteiger partial charge is 0.346 e. The van der Waals surface area contributed by atoms with Crippen molar-refractivity contribution in [2.75, 3.05) is 11.4 Å². The lowest BCUT2D eigenvalue weighted by Gasteiger charge is -2.20. The topological polar surface area (TPSA) is 66.5 Å². The summed E-state index contributed by atoms with van der Waals surface area (Å²) in [5.41, 5.74) is 5.63. The second-order valence-corrected chi connectivity index (χ2v) is 10.6. The van der Waals surface area contributed by atoms with Crippen LogP contribution in [0.25, 0.3) is 0 Å². The first-order chi connectivity index (χ1) is 14.1. The highest BCUT2D eigenvalue weighted by molar-refractivity contribution is 7.94. The first-order valence-corrected chi connectivity index (χ1v) is 11.9. The third-order valence-electron chi connectivity index (χ3n) is 5.30. The van der Waals surface area contributed by atoms with Gasteiger partial charge in [-0.3, -0.25) is 9.10 Å². The molecule has 3 aromatic rings. The molecule has 3 rings (SSSR count). The van der Waals surface area contributed by atoms with Crippen LogP contribution in [0.3, 0.4) is 0 Å². The van der Waals surface area contributed by atoms with Gasteiger partial charge in [0.25, 0.3) is 15.9 Å². The van der Waals surface area contributed by atoms with Crippen LogP contribution in [0.15, 0.2) is 58.1 Å². The quantitative estimate of drug-likeness (QED) is 0.585. The molecule has 7 heteroatoms. The van der Waals surface area contributed by atoms with Crippen LogP contribution in [-0.4, -0.2) is 21.4 Å². The molecule has 0 unspecified atom stereocenters. The number of anilines is 1. The van der Waals surface area contributed by atoms with Crippen LogP contribution in [-0.2, 0) is 10.0 Å². The molecular formula is C23H26N2O3S2. The van der Waals surface area contributed by atoms with Crippen LogP contribution in [0.5, 0.6) is 0 Å². The number of carbonyl (C=O) groups excluding carboxylic acids is 1. The summed E-state index contributed by atoms with van der Waals surface area (Å²) in [6, 6.07) is 14.0. The van der Waals surface area contributed by atoms with Gasteiger partial charge in [-0.05, 0) is 85.7 Å². The summed E-state index contributed by atoms with van der Waals surface area (Å²) >= 11 is 1.17. The summed E-state index contributed by atoms with van der Waals surface area (Å²) in [6.07, 6.45) is 0. The number of amides is 1. The highest BCUT2D eigenvalue weighted by Gasteiger charge is 2.22. The van der Waals surface area contributed by atoms with E-state index in [4.69, 9.17) is 0 Å². The maximum atomic E-state index is 12.7. The molecule has 0 bridgehead atoms. The fraction of sp³-hybridized carbons (Fsp3) is 0.261. The maximum absolute atomic E-state index is 12.7. The second-order valence-electron chi connectivity index (χ2n) is 7.44. The number of thiophene rings is 1. The predicted octanol–water partition coefficient (Wildman–Crippen LogP) is 4.99. The lowest BCUT2D eigenvalue weighted by atomic mass is 9.96. The van der Waals surface area contributed by atoms with Crippen molar-refractivity contribution in [2.24, 2.45) is 0 Å². The molecule has 2 aromatic carbocycles. The van der Waals surface area contributed by atoms with Crippen molar-refractivity contribution in [2.45, 2.75) is 37.9 Å². The molecule has 1 N–H and O–H groups in total. The number of nitrogens with zero attached hydrogens (tertiary/aromatic N) is 1. The Labute approximate surface area is 182 Å². The third-order valence-corrected chi connectivity index (χ3v) is 8.46. The minimum atomic E-state index is -3.60. The van der Waals surface area contributed by atoms with Gasteiger partial charge in [0.2, 0.25) is 0 Å². The Balaban J connectivity index is 1.75. The number of sulfonamides is 1. The molecule has 30 heavy (non-hydrogen) atoms. The summed E-state index contributed by atoms with van der Waals surface area (Å²) < 4.78 is 26.8. The fourth-order valence-corrected chi connectivity index (χ4v) is 5.67. The van der Waals surface area contributed by atoms with Crippen LogP contribution in [0.1, 0.15) is 45.6 Å². The van der Waals surface area contributed by atoms with Crippen LogP contribution < -0.4 is 9.62 Å². The van der Waals surface area contributed by atoms with Gasteiger partial charge in [0.15, 0.2) is 0 Å². The van der Waals surface area contributed by atoms with Gasteiger partial charge in [-0.1, -0.05) is 18.2 Å². The number of carbonyl (C=O) groups is 1. The van der Waals surface area contributed by atoms with Gasteiger partial charge in [-0.25, -0.2) is 8.42 Å². The average Bonchev–Trinajstić information content (AvgIpc) is 3.26. The van der Waals surface area contributed by atoms with E-state index in [2.05, 4.69) is 31.3 Å². The van der Waals surface area contributed by atoms with Crippen LogP contribution in [0.2, 0.25) is 0 Å². The normalized spacial score (nSPS) is 12.4. The number of hydrogen-bond donors (Lipinski definition) is 1. The molecule has 0 spiro atoms. The zero-order chi connectivity index (χ0) is 22.1. The lowest BCUT2D eigenvalue weighted by Crippen LogP contribution is -2.28. The third kappa shape index (κ3) is 4.42. The SMILES string of the molecule is Cc1cc(C)c([C@@H](C)NC(=O)c2ccc(N(C)S(=O)(=O)c3cccs3)cc2)cc1C. The maximum Gasteiger partial charge on any atom is 0.273 e. The van der Waals surface area contributed by atoms with E-state index in [1.807, 2.05) is 13.8 Å². The Morgan fingerprint density at radius 2 is 1.63 bits per heavy atom. The van der Waals surface area contributed by atoms with Gasteiger partial charge in [0, 0.05) is 12.6 Å². The van der Waals surface area contributed by atoms with E-state index in [-0.39, 0.29) is 16.2 Å². The minimum absolute atomic E-state index is 0.140. The van der Waals surface area contributed by atoms with Crippen molar-refractivity contribution in [3.8, 4) is 0 Å². The summed E-state index contributed by atoms with van der Waals surface area (Å²) in [7, 11) is -2.09. The van der Waals surface area contributed by atoms with E-state index in [1.54, 1.807) is 41.8 Å². The van der Waals surface area contributed by atoms with E-state index in [0.717, 1.165) is 11.1 Å². The Morgan fingerprint density at radius 3 is 2.23 bits per heavy atom. The molecule has 0 saturated carbocycles. The zero-order valence-electron chi connectivity index (χ0n) is 17.8. The molecule has 0 saturated heterocycles. The Hall–Kier alpha value is -2.64. The van der Waals surface area contributed by atoms with Crippen LogP contribution in [0.4, 0.5) is 5.69 Å². The number of benzene rings is 2. The number of nitrogens with one attached hydrogen (secondary N) is 1. The smallest absolute Gasteiger partial charge is 0.273 e. The molecule has 1 heterocycles. The Morgan fingerprint density at radius 1 is 1.00 bits per heavy atom. The molecule has 0 aliphatic heterocycles. The van der Waals surface area contributed by atoms with Gasteiger partial charge in [0.1, 0.15) is 4.21 Å². The number of hydrogen-bond acceptors (Lipinski definition) is 4. The monoisotopic (exact) mass is 442 g/mol. The molecule has 1 amide bonds. The molecule has 1 atom stereocenters. The first kappa shape index (κ1) is 22.1. The molecule has 0 fully saturated rings. The van der Waals surface area contributed by atoms with E-state index in [0.29, 0.717) is 11.3 Å².